The first kappa shape index (κ1) is 16.5. The van der Waals surface area contributed by atoms with Gasteiger partial charge in [-0.2, -0.15) is 0 Å². The first-order valence-corrected chi connectivity index (χ1v) is 7.98. The maximum atomic E-state index is 3.43. The molecule has 1 aliphatic heterocycles. The van der Waals surface area contributed by atoms with E-state index in [1.54, 1.807) is 0 Å². The van der Waals surface area contributed by atoms with E-state index in [9.17, 15) is 0 Å². The third-order valence-corrected chi connectivity index (χ3v) is 3.73. The molecule has 0 aromatic rings. The van der Waals surface area contributed by atoms with Gasteiger partial charge in [0.25, 0.3) is 0 Å². The Morgan fingerprint density at radius 1 is 1.11 bits per heavy atom. The van der Waals surface area contributed by atoms with Crippen molar-refractivity contribution in [3.05, 3.63) is 23.3 Å². The molecule has 0 aromatic heterocycles. The van der Waals surface area contributed by atoms with Gasteiger partial charge in [-0.25, -0.2) is 0 Å². The van der Waals surface area contributed by atoms with E-state index in [1.807, 2.05) is 0 Å². The van der Waals surface area contributed by atoms with Gasteiger partial charge in [-0.1, -0.05) is 30.2 Å². The summed E-state index contributed by atoms with van der Waals surface area (Å²) in [6.07, 6.45) is 11.1. The number of allylic oxidation sites excluding steroid dienone is 3. The quantitative estimate of drug-likeness (QED) is 0.504. The standard InChI is InChI=1S/C17H32N2/c1-4-11-18-15-17(3)10-9-16(2)8-7-14-19-12-5-6-13-19/h9-10,18H,4-8,11-15H2,1-3H3/b16-9+,17-10+. The van der Waals surface area contributed by atoms with Crippen molar-refractivity contribution in [2.75, 3.05) is 32.7 Å². The van der Waals surface area contributed by atoms with Gasteiger partial charge in [-0.15, -0.1) is 0 Å². The van der Waals surface area contributed by atoms with Crippen LogP contribution in [0.25, 0.3) is 0 Å². The smallest absolute Gasteiger partial charge is 0.0164 e. The zero-order valence-corrected chi connectivity index (χ0v) is 13.2. The van der Waals surface area contributed by atoms with Gasteiger partial charge < -0.3 is 10.2 Å². The highest BCUT2D eigenvalue weighted by Crippen LogP contribution is 2.11. The molecule has 1 N–H and O–H groups in total. The fraction of sp³-hybridized carbons (Fsp3) is 0.765. The van der Waals surface area contributed by atoms with Gasteiger partial charge in [-0.05, 0) is 72.1 Å². The fourth-order valence-electron chi connectivity index (χ4n) is 2.48. The van der Waals surface area contributed by atoms with Crippen molar-refractivity contribution in [2.24, 2.45) is 0 Å². The summed E-state index contributed by atoms with van der Waals surface area (Å²) in [5.74, 6) is 0. The lowest BCUT2D eigenvalue weighted by atomic mass is 10.1. The van der Waals surface area contributed by atoms with Crippen molar-refractivity contribution in [1.82, 2.24) is 10.2 Å². The highest BCUT2D eigenvalue weighted by Gasteiger charge is 2.09. The van der Waals surface area contributed by atoms with Crippen LogP contribution in [0, 0.1) is 0 Å². The first-order chi connectivity index (χ1) is 9.22. The number of nitrogens with zero attached hydrogens (tertiary/aromatic N) is 1. The van der Waals surface area contributed by atoms with Gasteiger partial charge in [0.15, 0.2) is 0 Å². The minimum absolute atomic E-state index is 1.02. The monoisotopic (exact) mass is 264 g/mol. The molecule has 1 saturated heterocycles. The zero-order chi connectivity index (χ0) is 13.9. The summed E-state index contributed by atoms with van der Waals surface area (Å²) in [6.45, 7) is 12.7. The first-order valence-electron chi connectivity index (χ1n) is 7.98. The van der Waals surface area contributed by atoms with Crippen molar-refractivity contribution >= 4 is 0 Å². The Morgan fingerprint density at radius 3 is 2.47 bits per heavy atom. The van der Waals surface area contributed by atoms with Crippen LogP contribution in [0.1, 0.15) is 52.9 Å². The Kier molecular flexibility index (Phi) is 8.85. The topological polar surface area (TPSA) is 15.3 Å². The SMILES string of the molecule is CCCNC/C(C)=C/C=C(\C)CCCN1CCCC1. The van der Waals surface area contributed by atoms with Crippen LogP contribution in [-0.2, 0) is 0 Å². The van der Waals surface area contributed by atoms with Crippen LogP contribution >= 0.6 is 0 Å². The minimum Gasteiger partial charge on any atom is -0.313 e. The van der Waals surface area contributed by atoms with Crippen molar-refractivity contribution in [3.8, 4) is 0 Å². The normalized spacial score (nSPS) is 18.3. The molecule has 2 heteroatoms. The number of hydrogen-bond donors (Lipinski definition) is 1. The third kappa shape index (κ3) is 8.22. The van der Waals surface area contributed by atoms with Crippen LogP contribution in [0.5, 0.6) is 0 Å². The van der Waals surface area contributed by atoms with E-state index in [-0.39, 0.29) is 0 Å². The second-order valence-corrected chi connectivity index (χ2v) is 5.86. The predicted octanol–water partition coefficient (Wildman–Crippen LogP) is 3.75. The van der Waals surface area contributed by atoms with Crippen molar-refractivity contribution < 1.29 is 0 Å². The molecule has 0 aliphatic carbocycles. The van der Waals surface area contributed by atoms with Crippen LogP contribution in [0.15, 0.2) is 23.3 Å². The molecular weight excluding hydrogens is 232 g/mol. The van der Waals surface area contributed by atoms with Gasteiger partial charge in [0.1, 0.15) is 0 Å². The summed E-state index contributed by atoms with van der Waals surface area (Å²) in [6, 6.07) is 0. The molecule has 2 nitrogen and oxygen atoms in total. The van der Waals surface area contributed by atoms with Crippen LogP contribution in [0.2, 0.25) is 0 Å². The van der Waals surface area contributed by atoms with Gasteiger partial charge in [0, 0.05) is 6.54 Å². The summed E-state index contributed by atoms with van der Waals surface area (Å²) in [5, 5.41) is 3.43. The Labute approximate surface area is 120 Å². The minimum atomic E-state index is 1.02. The summed E-state index contributed by atoms with van der Waals surface area (Å²) >= 11 is 0. The molecule has 1 rings (SSSR count). The van der Waals surface area contributed by atoms with Crippen LogP contribution in [-0.4, -0.2) is 37.6 Å². The van der Waals surface area contributed by atoms with E-state index < -0.39 is 0 Å². The maximum absolute atomic E-state index is 3.43. The lowest BCUT2D eigenvalue weighted by Gasteiger charge is -2.13. The Morgan fingerprint density at radius 2 is 1.79 bits per heavy atom. The van der Waals surface area contributed by atoms with Crippen LogP contribution in [0.4, 0.5) is 0 Å². The Balaban J connectivity index is 2.14. The van der Waals surface area contributed by atoms with Crippen LogP contribution < -0.4 is 5.32 Å². The Hall–Kier alpha value is -0.600. The second kappa shape index (κ2) is 10.2. The molecule has 0 bridgehead atoms. The summed E-state index contributed by atoms with van der Waals surface area (Å²) in [5.41, 5.74) is 2.93. The van der Waals surface area contributed by atoms with E-state index in [0.29, 0.717) is 0 Å². The van der Waals surface area contributed by atoms with E-state index in [4.69, 9.17) is 0 Å². The highest BCUT2D eigenvalue weighted by atomic mass is 15.1. The maximum Gasteiger partial charge on any atom is 0.0164 e. The van der Waals surface area contributed by atoms with Crippen molar-refractivity contribution in [1.29, 1.82) is 0 Å². The third-order valence-electron chi connectivity index (χ3n) is 3.73. The highest BCUT2D eigenvalue weighted by molar-refractivity contribution is 5.16. The van der Waals surface area contributed by atoms with Crippen molar-refractivity contribution in [3.63, 3.8) is 0 Å². The average molecular weight is 264 g/mol. The summed E-state index contributed by atoms with van der Waals surface area (Å²) in [4.78, 5) is 2.60. The molecular formula is C17H32N2. The van der Waals surface area contributed by atoms with Gasteiger partial charge >= 0.3 is 0 Å². The molecule has 110 valence electrons. The van der Waals surface area contributed by atoms with E-state index >= 15 is 0 Å². The van der Waals surface area contributed by atoms with Gasteiger partial charge in [0.05, 0.1) is 0 Å². The molecule has 0 amide bonds. The molecule has 0 aromatic carbocycles. The largest absolute Gasteiger partial charge is 0.313 e. The molecule has 1 fully saturated rings. The zero-order valence-electron chi connectivity index (χ0n) is 13.2. The number of rotatable bonds is 9. The number of hydrogen-bond acceptors (Lipinski definition) is 2. The second-order valence-electron chi connectivity index (χ2n) is 5.86. The number of likely N-dealkylation sites (tertiary alicyclic amines) is 1. The Bertz CT molecular complexity index is 286. The number of nitrogens with one attached hydrogen (secondary N) is 1. The van der Waals surface area contributed by atoms with E-state index in [0.717, 1.165) is 13.1 Å². The molecule has 0 atom stereocenters. The molecule has 1 heterocycles. The van der Waals surface area contributed by atoms with Crippen molar-refractivity contribution in [2.45, 2.75) is 52.9 Å². The van der Waals surface area contributed by atoms with Gasteiger partial charge in [0.2, 0.25) is 0 Å². The summed E-state index contributed by atoms with van der Waals surface area (Å²) in [7, 11) is 0. The molecule has 1 aliphatic rings. The molecule has 0 spiro atoms. The van der Waals surface area contributed by atoms with E-state index in [2.05, 4.69) is 43.1 Å². The average Bonchev–Trinajstić information content (AvgIpc) is 2.90. The van der Waals surface area contributed by atoms with Gasteiger partial charge in [-0.3, -0.25) is 0 Å². The molecule has 0 saturated carbocycles. The van der Waals surface area contributed by atoms with E-state index in [1.165, 1.54) is 62.9 Å². The molecule has 19 heavy (non-hydrogen) atoms. The van der Waals surface area contributed by atoms with Crippen LogP contribution in [0.3, 0.4) is 0 Å². The molecule has 0 radical (unpaired) electrons. The molecule has 0 unspecified atom stereocenters. The predicted molar refractivity (Wildman–Crippen MR) is 85.6 cm³/mol. The fourth-order valence-corrected chi connectivity index (χ4v) is 2.48. The lowest BCUT2D eigenvalue weighted by Crippen LogP contribution is -2.20. The lowest BCUT2D eigenvalue weighted by molar-refractivity contribution is 0.334. The summed E-state index contributed by atoms with van der Waals surface area (Å²) < 4.78 is 0.